The second-order valence-corrected chi connectivity index (χ2v) is 5.97. The van der Waals surface area contributed by atoms with Gasteiger partial charge in [0.05, 0.1) is 12.1 Å². The number of aliphatic hydroxyl groups is 1. The zero-order valence-corrected chi connectivity index (χ0v) is 11.4. The summed E-state index contributed by atoms with van der Waals surface area (Å²) in [5, 5.41) is 12.8. The van der Waals surface area contributed by atoms with E-state index in [4.69, 9.17) is 0 Å². The standard InChI is InChI=1S/C16H20FNO2/c17-11-5-3-4-10(8-11)12-9-13(12)16(20)18-14-6-1-2-7-15(14)19/h3-5,8,12-15,19H,1-2,6-7,9H2,(H,18,20). The lowest BCUT2D eigenvalue weighted by Gasteiger charge is -2.28. The van der Waals surface area contributed by atoms with Gasteiger partial charge in [-0.2, -0.15) is 0 Å². The van der Waals surface area contributed by atoms with Crippen LogP contribution in [0.3, 0.4) is 0 Å². The van der Waals surface area contributed by atoms with Crippen LogP contribution in [0.4, 0.5) is 4.39 Å². The van der Waals surface area contributed by atoms with Gasteiger partial charge in [0.2, 0.25) is 5.91 Å². The molecule has 3 rings (SSSR count). The molecule has 3 nitrogen and oxygen atoms in total. The highest BCUT2D eigenvalue weighted by molar-refractivity contribution is 5.83. The number of halogens is 1. The van der Waals surface area contributed by atoms with Crippen LogP contribution in [0.1, 0.15) is 43.6 Å². The summed E-state index contributed by atoms with van der Waals surface area (Å²) >= 11 is 0. The molecule has 0 radical (unpaired) electrons. The van der Waals surface area contributed by atoms with Crippen LogP contribution in [-0.4, -0.2) is 23.2 Å². The highest BCUT2D eigenvalue weighted by Crippen LogP contribution is 2.47. The average molecular weight is 277 g/mol. The number of rotatable bonds is 3. The molecule has 2 fully saturated rings. The first-order valence-corrected chi connectivity index (χ1v) is 7.39. The SMILES string of the molecule is O=C(NC1CCCCC1O)C1CC1c1cccc(F)c1. The van der Waals surface area contributed by atoms with Gasteiger partial charge in [-0.25, -0.2) is 4.39 Å². The quantitative estimate of drug-likeness (QED) is 0.891. The lowest BCUT2D eigenvalue weighted by molar-refractivity contribution is -0.124. The smallest absolute Gasteiger partial charge is 0.224 e. The van der Waals surface area contributed by atoms with Crippen LogP contribution in [0.25, 0.3) is 0 Å². The topological polar surface area (TPSA) is 49.3 Å². The van der Waals surface area contributed by atoms with Crippen molar-refractivity contribution in [1.82, 2.24) is 5.32 Å². The molecule has 0 bridgehead atoms. The molecule has 0 saturated heterocycles. The monoisotopic (exact) mass is 277 g/mol. The Morgan fingerprint density at radius 1 is 1.30 bits per heavy atom. The molecular weight excluding hydrogens is 257 g/mol. The summed E-state index contributed by atoms with van der Waals surface area (Å²) in [4.78, 5) is 12.2. The minimum absolute atomic E-state index is 0.00483. The van der Waals surface area contributed by atoms with Gasteiger partial charge in [-0.1, -0.05) is 25.0 Å². The van der Waals surface area contributed by atoms with Crippen molar-refractivity contribution in [3.8, 4) is 0 Å². The molecule has 4 unspecified atom stereocenters. The summed E-state index contributed by atoms with van der Waals surface area (Å²) in [6.07, 6.45) is 4.06. The minimum atomic E-state index is -0.418. The minimum Gasteiger partial charge on any atom is -0.391 e. The van der Waals surface area contributed by atoms with Crippen molar-refractivity contribution in [3.05, 3.63) is 35.6 Å². The van der Waals surface area contributed by atoms with Crippen molar-refractivity contribution in [2.45, 2.75) is 50.2 Å². The van der Waals surface area contributed by atoms with Gasteiger partial charge in [-0.05, 0) is 42.9 Å². The van der Waals surface area contributed by atoms with Gasteiger partial charge in [0.1, 0.15) is 5.82 Å². The zero-order valence-electron chi connectivity index (χ0n) is 11.4. The van der Waals surface area contributed by atoms with E-state index in [1.165, 1.54) is 12.1 Å². The van der Waals surface area contributed by atoms with E-state index in [2.05, 4.69) is 5.32 Å². The van der Waals surface area contributed by atoms with Gasteiger partial charge in [-0.15, -0.1) is 0 Å². The Morgan fingerprint density at radius 2 is 2.10 bits per heavy atom. The average Bonchev–Trinajstić information content (AvgIpc) is 3.22. The van der Waals surface area contributed by atoms with Crippen LogP contribution >= 0.6 is 0 Å². The number of amides is 1. The number of nitrogens with one attached hydrogen (secondary N) is 1. The fourth-order valence-corrected chi connectivity index (χ4v) is 3.16. The third-order valence-corrected chi connectivity index (χ3v) is 4.46. The van der Waals surface area contributed by atoms with E-state index in [0.717, 1.165) is 37.7 Å². The summed E-state index contributed by atoms with van der Waals surface area (Å²) in [5.41, 5.74) is 0.898. The maximum absolute atomic E-state index is 13.2. The van der Waals surface area contributed by atoms with Crippen LogP contribution in [0.15, 0.2) is 24.3 Å². The Morgan fingerprint density at radius 3 is 2.85 bits per heavy atom. The van der Waals surface area contributed by atoms with E-state index in [1.54, 1.807) is 6.07 Å². The molecule has 2 aliphatic carbocycles. The van der Waals surface area contributed by atoms with Gasteiger partial charge >= 0.3 is 0 Å². The van der Waals surface area contributed by atoms with Crippen molar-refractivity contribution in [1.29, 1.82) is 0 Å². The number of carbonyl (C=O) groups excluding carboxylic acids is 1. The molecule has 20 heavy (non-hydrogen) atoms. The molecule has 1 amide bonds. The Hall–Kier alpha value is -1.42. The maximum atomic E-state index is 13.2. The molecule has 0 heterocycles. The summed E-state index contributed by atoms with van der Waals surface area (Å²) in [7, 11) is 0. The molecule has 1 aromatic carbocycles. The molecule has 4 heteroatoms. The van der Waals surface area contributed by atoms with E-state index >= 15 is 0 Å². The Kier molecular flexibility index (Phi) is 3.74. The van der Waals surface area contributed by atoms with E-state index in [1.807, 2.05) is 6.07 Å². The Bertz CT molecular complexity index is 505. The van der Waals surface area contributed by atoms with E-state index in [9.17, 15) is 14.3 Å². The largest absolute Gasteiger partial charge is 0.391 e. The van der Waals surface area contributed by atoms with E-state index < -0.39 is 6.10 Å². The Labute approximate surface area is 118 Å². The maximum Gasteiger partial charge on any atom is 0.224 e. The van der Waals surface area contributed by atoms with E-state index in [-0.39, 0.29) is 29.6 Å². The van der Waals surface area contributed by atoms with Crippen molar-refractivity contribution in [2.24, 2.45) is 5.92 Å². The van der Waals surface area contributed by atoms with Crippen molar-refractivity contribution in [2.75, 3.05) is 0 Å². The fourth-order valence-electron chi connectivity index (χ4n) is 3.16. The number of carbonyl (C=O) groups is 1. The molecule has 2 saturated carbocycles. The number of hydrogen-bond donors (Lipinski definition) is 2. The highest BCUT2D eigenvalue weighted by atomic mass is 19.1. The van der Waals surface area contributed by atoms with Gasteiger partial charge in [0.25, 0.3) is 0 Å². The molecule has 0 aromatic heterocycles. The Balaban J connectivity index is 1.57. The van der Waals surface area contributed by atoms with Crippen LogP contribution in [0.2, 0.25) is 0 Å². The first kappa shape index (κ1) is 13.6. The molecule has 2 N–H and O–H groups in total. The molecule has 1 aromatic rings. The van der Waals surface area contributed by atoms with Crippen molar-refractivity contribution >= 4 is 5.91 Å². The molecule has 4 atom stereocenters. The fraction of sp³-hybridized carbons (Fsp3) is 0.562. The highest BCUT2D eigenvalue weighted by Gasteiger charge is 2.44. The third kappa shape index (κ3) is 2.85. The number of hydrogen-bond acceptors (Lipinski definition) is 2. The zero-order chi connectivity index (χ0) is 14.1. The number of aliphatic hydroxyl groups excluding tert-OH is 1. The second kappa shape index (κ2) is 5.52. The summed E-state index contributed by atoms with van der Waals surface area (Å²) in [5.74, 6) is -0.182. The first-order valence-electron chi connectivity index (χ1n) is 7.39. The molecule has 2 aliphatic rings. The van der Waals surface area contributed by atoms with Gasteiger partial charge in [0, 0.05) is 5.92 Å². The summed E-state index contributed by atoms with van der Waals surface area (Å²) in [6.45, 7) is 0. The summed E-state index contributed by atoms with van der Waals surface area (Å²) in [6, 6.07) is 6.37. The van der Waals surface area contributed by atoms with Crippen molar-refractivity contribution in [3.63, 3.8) is 0 Å². The van der Waals surface area contributed by atoms with Crippen LogP contribution in [-0.2, 0) is 4.79 Å². The third-order valence-electron chi connectivity index (χ3n) is 4.46. The summed E-state index contributed by atoms with van der Waals surface area (Å²) < 4.78 is 13.2. The predicted octanol–water partition coefficient (Wildman–Crippen LogP) is 2.35. The first-order chi connectivity index (χ1) is 9.65. The molecule has 108 valence electrons. The van der Waals surface area contributed by atoms with Crippen LogP contribution < -0.4 is 5.32 Å². The molecule has 0 spiro atoms. The van der Waals surface area contributed by atoms with Crippen LogP contribution in [0, 0.1) is 11.7 Å². The number of benzene rings is 1. The van der Waals surface area contributed by atoms with Gasteiger partial charge < -0.3 is 10.4 Å². The van der Waals surface area contributed by atoms with Gasteiger partial charge in [0.15, 0.2) is 0 Å². The normalized spacial score (nSPS) is 32.7. The molecular formula is C16H20FNO2. The lowest BCUT2D eigenvalue weighted by Crippen LogP contribution is -2.45. The lowest BCUT2D eigenvalue weighted by atomic mass is 9.92. The van der Waals surface area contributed by atoms with Gasteiger partial charge in [-0.3, -0.25) is 4.79 Å². The predicted molar refractivity (Wildman–Crippen MR) is 73.7 cm³/mol. The second-order valence-electron chi connectivity index (χ2n) is 5.97. The van der Waals surface area contributed by atoms with E-state index in [0.29, 0.717) is 0 Å². The van der Waals surface area contributed by atoms with Crippen LogP contribution in [0.5, 0.6) is 0 Å². The van der Waals surface area contributed by atoms with Crippen molar-refractivity contribution < 1.29 is 14.3 Å². The molecule has 0 aliphatic heterocycles.